The highest BCUT2D eigenvalue weighted by molar-refractivity contribution is 5.30. The molecular weight excluding hydrogens is 218 g/mol. The second kappa shape index (κ2) is 12.6. The average Bonchev–Trinajstić information content (AvgIpc) is 2.38. The van der Waals surface area contributed by atoms with Crippen LogP contribution in [0.25, 0.3) is 0 Å². The van der Waals surface area contributed by atoms with E-state index in [9.17, 15) is 0 Å². The Morgan fingerprint density at radius 1 is 1.00 bits per heavy atom. The molecular formula is C17H33N. The molecule has 18 heavy (non-hydrogen) atoms. The van der Waals surface area contributed by atoms with Gasteiger partial charge in [-0.1, -0.05) is 65.3 Å². The molecule has 1 heteroatoms. The van der Waals surface area contributed by atoms with Gasteiger partial charge >= 0.3 is 0 Å². The molecule has 0 aromatic heterocycles. The van der Waals surface area contributed by atoms with Crippen LogP contribution < -0.4 is 5.32 Å². The third-order valence-electron chi connectivity index (χ3n) is 2.37. The lowest BCUT2D eigenvalue weighted by molar-refractivity contribution is 0.551. The summed E-state index contributed by atoms with van der Waals surface area (Å²) in [6, 6.07) is 6.63. The second-order valence-corrected chi connectivity index (χ2v) is 4.45. The number of aryl methyl sites for hydroxylation is 2. The van der Waals surface area contributed by atoms with Gasteiger partial charge in [-0.15, -0.1) is 0 Å². The second-order valence-electron chi connectivity index (χ2n) is 4.45. The zero-order chi connectivity index (χ0) is 14.6. The molecule has 0 aliphatic heterocycles. The molecule has 0 spiro atoms. The standard InChI is InChI=1S/C13H21N.2C2H6/c1-10(2)8-14-9-13-7-11(3)5-6-12(13)4;2*1-2/h5-7,10,14H,8-9H2,1-4H3;2*1-2H3. The summed E-state index contributed by atoms with van der Waals surface area (Å²) in [7, 11) is 0. The molecule has 0 aliphatic carbocycles. The van der Waals surface area contributed by atoms with E-state index < -0.39 is 0 Å². The molecule has 0 heterocycles. The van der Waals surface area contributed by atoms with Gasteiger partial charge in [0.2, 0.25) is 0 Å². The summed E-state index contributed by atoms with van der Waals surface area (Å²) < 4.78 is 0. The first-order valence-corrected chi connectivity index (χ1v) is 7.36. The van der Waals surface area contributed by atoms with Crippen molar-refractivity contribution in [1.29, 1.82) is 0 Å². The zero-order valence-corrected chi connectivity index (χ0v) is 13.7. The van der Waals surface area contributed by atoms with Crippen LogP contribution in [0, 0.1) is 19.8 Å². The highest BCUT2D eigenvalue weighted by Crippen LogP contribution is 2.10. The molecule has 0 unspecified atom stereocenters. The maximum absolute atomic E-state index is 3.47. The molecule has 0 bridgehead atoms. The van der Waals surface area contributed by atoms with Gasteiger partial charge < -0.3 is 5.32 Å². The Labute approximate surface area is 115 Å². The van der Waals surface area contributed by atoms with Gasteiger partial charge in [-0.2, -0.15) is 0 Å². The SMILES string of the molecule is CC.CC.Cc1ccc(C)c(CNCC(C)C)c1. The Kier molecular flexibility index (Phi) is 13.7. The van der Waals surface area contributed by atoms with E-state index in [2.05, 4.69) is 51.2 Å². The number of benzene rings is 1. The van der Waals surface area contributed by atoms with Gasteiger partial charge in [0.15, 0.2) is 0 Å². The molecule has 0 atom stereocenters. The molecule has 0 aliphatic rings. The van der Waals surface area contributed by atoms with Crippen molar-refractivity contribution in [1.82, 2.24) is 5.32 Å². The van der Waals surface area contributed by atoms with Crippen molar-refractivity contribution >= 4 is 0 Å². The minimum Gasteiger partial charge on any atom is -0.312 e. The summed E-state index contributed by atoms with van der Waals surface area (Å²) >= 11 is 0. The zero-order valence-electron chi connectivity index (χ0n) is 13.7. The quantitative estimate of drug-likeness (QED) is 0.785. The largest absolute Gasteiger partial charge is 0.312 e. The van der Waals surface area contributed by atoms with E-state index in [1.165, 1.54) is 16.7 Å². The Bertz CT molecular complexity index is 290. The van der Waals surface area contributed by atoms with Crippen LogP contribution in [0.1, 0.15) is 58.2 Å². The van der Waals surface area contributed by atoms with Crippen molar-refractivity contribution < 1.29 is 0 Å². The molecule has 0 saturated heterocycles. The Morgan fingerprint density at radius 3 is 2.06 bits per heavy atom. The molecule has 0 amide bonds. The first-order valence-electron chi connectivity index (χ1n) is 7.36. The van der Waals surface area contributed by atoms with Crippen molar-refractivity contribution in [2.75, 3.05) is 6.54 Å². The summed E-state index contributed by atoms with van der Waals surface area (Å²) in [5.41, 5.74) is 4.15. The average molecular weight is 251 g/mol. The van der Waals surface area contributed by atoms with Crippen LogP contribution in [0.3, 0.4) is 0 Å². The van der Waals surface area contributed by atoms with Crippen molar-refractivity contribution in [2.45, 2.75) is 61.9 Å². The fraction of sp³-hybridized carbons (Fsp3) is 0.647. The van der Waals surface area contributed by atoms with Crippen LogP contribution in [0.15, 0.2) is 18.2 Å². The Morgan fingerprint density at radius 2 is 1.56 bits per heavy atom. The number of rotatable bonds is 4. The summed E-state index contributed by atoms with van der Waals surface area (Å²) in [6.45, 7) is 18.9. The van der Waals surface area contributed by atoms with Gasteiger partial charge in [-0.05, 0) is 37.4 Å². The Hall–Kier alpha value is -0.820. The molecule has 1 aromatic rings. The summed E-state index contributed by atoms with van der Waals surface area (Å²) in [6.07, 6.45) is 0. The van der Waals surface area contributed by atoms with Crippen molar-refractivity contribution in [2.24, 2.45) is 5.92 Å². The molecule has 1 aromatic carbocycles. The van der Waals surface area contributed by atoms with Gasteiger partial charge in [0.1, 0.15) is 0 Å². The van der Waals surface area contributed by atoms with Crippen LogP contribution in [0.5, 0.6) is 0 Å². The third-order valence-corrected chi connectivity index (χ3v) is 2.37. The van der Waals surface area contributed by atoms with E-state index in [1.807, 2.05) is 27.7 Å². The van der Waals surface area contributed by atoms with Crippen LogP contribution in [-0.4, -0.2) is 6.54 Å². The lowest BCUT2D eigenvalue weighted by atomic mass is 10.1. The number of hydrogen-bond donors (Lipinski definition) is 1. The number of hydrogen-bond acceptors (Lipinski definition) is 1. The highest BCUT2D eigenvalue weighted by Gasteiger charge is 1.99. The molecule has 0 saturated carbocycles. The van der Waals surface area contributed by atoms with Crippen LogP contribution in [-0.2, 0) is 6.54 Å². The highest BCUT2D eigenvalue weighted by atomic mass is 14.8. The topological polar surface area (TPSA) is 12.0 Å². The van der Waals surface area contributed by atoms with Gasteiger partial charge in [-0.25, -0.2) is 0 Å². The lowest BCUT2D eigenvalue weighted by Gasteiger charge is -2.10. The summed E-state index contributed by atoms with van der Waals surface area (Å²) in [5, 5.41) is 3.47. The predicted molar refractivity (Wildman–Crippen MR) is 85.2 cm³/mol. The first kappa shape index (κ1) is 19.5. The van der Waals surface area contributed by atoms with E-state index in [0.717, 1.165) is 19.0 Å². The maximum Gasteiger partial charge on any atom is 0.0208 e. The molecule has 1 rings (SSSR count). The lowest BCUT2D eigenvalue weighted by Crippen LogP contribution is -2.19. The van der Waals surface area contributed by atoms with E-state index >= 15 is 0 Å². The van der Waals surface area contributed by atoms with E-state index in [0.29, 0.717) is 0 Å². The van der Waals surface area contributed by atoms with Crippen LogP contribution >= 0.6 is 0 Å². The molecule has 1 N–H and O–H groups in total. The van der Waals surface area contributed by atoms with Crippen molar-refractivity contribution in [3.63, 3.8) is 0 Å². The fourth-order valence-corrected chi connectivity index (χ4v) is 1.49. The van der Waals surface area contributed by atoms with E-state index in [-0.39, 0.29) is 0 Å². The Balaban J connectivity index is 0. The van der Waals surface area contributed by atoms with Crippen molar-refractivity contribution in [3.8, 4) is 0 Å². The molecule has 106 valence electrons. The minimum absolute atomic E-state index is 0.722. The monoisotopic (exact) mass is 251 g/mol. The van der Waals surface area contributed by atoms with Crippen LogP contribution in [0.2, 0.25) is 0 Å². The number of nitrogens with one attached hydrogen (secondary N) is 1. The van der Waals surface area contributed by atoms with Gasteiger partial charge in [-0.3, -0.25) is 0 Å². The summed E-state index contributed by atoms with van der Waals surface area (Å²) in [4.78, 5) is 0. The van der Waals surface area contributed by atoms with E-state index in [1.54, 1.807) is 0 Å². The molecule has 0 radical (unpaired) electrons. The predicted octanol–water partition coefficient (Wildman–Crippen LogP) is 5.10. The maximum atomic E-state index is 3.47. The minimum atomic E-state index is 0.722. The van der Waals surface area contributed by atoms with Crippen molar-refractivity contribution in [3.05, 3.63) is 34.9 Å². The van der Waals surface area contributed by atoms with Gasteiger partial charge in [0.25, 0.3) is 0 Å². The fourth-order valence-electron chi connectivity index (χ4n) is 1.49. The van der Waals surface area contributed by atoms with Crippen LogP contribution in [0.4, 0.5) is 0 Å². The van der Waals surface area contributed by atoms with E-state index in [4.69, 9.17) is 0 Å². The molecule has 0 fully saturated rings. The van der Waals surface area contributed by atoms with Gasteiger partial charge in [0, 0.05) is 6.54 Å². The smallest absolute Gasteiger partial charge is 0.0208 e. The first-order chi connectivity index (χ1) is 8.59. The third kappa shape index (κ3) is 9.23. The summed E-state index contributed by atoms with van der Waals surface area (Å²) in [5.74, 6) is 0.722. The molecule has 1 nitrogen and oxygen atoms in total. The van der Waals surface area contributed by atoms with Gasteiger partial charge in [0.05, 0.1) is 0 Å². The normalized spacial score (nSPS) is 9.17.